The standard InChI is InChI=1S/C26H24N6/c1-17-15-22-20(19-11-8-12-27-23(19)31(22)18-9-6-5-7-10-18)16-21(17)32-25-24(28-13-14-29-25)30(4)26(32,2)3/h5-16H,1-4H3. The van der Waals surface area contributed by atoms with Crippen LogP contribution in [0.15, 0.2) is 73.2 Å². The van der Waals surface area contributed by atoms with Gasteiger partial charge in [-0.05, 0) is 62.7 Å². The maximum atomic E-state index is 4.75. The lowest BCUT2D eigenvalue weighted by Gasteiger charge is -2.38. The Morgan fingerprint density at radius 3 is 2.31 bits per heavy atom. The van der Waals surface area contributed by atoms with Crippen LogP contribution in [0, 0.1) is 6.92 Å². The number of nitrogens with zero attached hydrogens (tertiary/aromatic N) is 6. The highest BCUT2D eigenvalue weighted by Crippen LogP contribution is 2.48. The van der Waals surface area contributed by atoms with Crippen LogP contribution in [0.4, 0.5) is 17.3 Å². The number of fused-ring (bicyclic) bond motifs is 4. The van der Waals surface area contributed by atoms with Crippen molar-refractivity contribution in [2.75, 3.05) is 16.8 Å². The summed E-state index contributed by atoms with van der Waals surface area (Å²) in [4.78, 5) is 18.5. The summed E-state index contributed by atoms with van der Waals surface area (Å²) < 4.78 is 2.25. The molecule has 6 nitrogen and oxygen atoms in total. The molecule has 0 fully saturated rings. The number of rotatable bonds is 2. The van der Waals surface area contributed by atoms with Crippen LogP contribution in [0.5, 0.6) is 0 Å². The third kappa shape index (κ3) is 2.43. The number of benzene rings is 2. The Kier molecular flexibility index (Phi) is 3.84. The van der Waals surface area contributed by atoms with Crippen molar-refractivity contribution in [3.63, 3.8) is 0 Å². The number of hydrogen-bond donors (Lipinski definition) is 0. The maximum Gasteiger partial charge on any atom is 0.178 e. The second kappa shape index (κ2) is 6.53. The van der Waals surface area contributed by atoms with E-state index in [9.17, 15) is 0 Å². The number of para-hydroxylation sites is 1. The molecule has 32 heavy (non-hydrogen) atoms. The van der Waals surface area contributed by atoms with Crippen molar-refractivity contribution in [2.24, 2.45) is 0 Å². The molecular formula is C26H24N6. The van der Waals surface area contributed by atoms with Crippen molar-refractivity contribution < 1.29 is 0 Å². The van der Waals surface area contributed by atoms with Crippen molar-refractivity contribution in [1.82, 2.24) is 19.5 Å². The van der Waals surface area contributed by atoms with E-state index in [0.29, 0.717) is 0 Å². The first-order valence-electron chi connectivity index (χ1n) is 10.8. The molecule has 4 heterocycles. The Hall–Kier alpha value is -3.93. The summed E-state index contributed by atoms with van der Waals surface area (Å²) in [7, 11) is 2.08. The zero-order valence-corrected chi connectivity index (χ0v) is 18.6. The van der Waals surface area contributed by atoms with Gasteiger partial charge in [0.2, 0.25) is 0 Å². The molecule has 5 aromatic rings. The Morgan fingerprint density at radius 2 is 1.53 bits per heavy atom. The molecular weight excluding hydrogens is 396 g/mol. The first-order valence-corrected chi connectivity index (χ1v) is 10.8. The fraction of sp³-hybridized carbons (Fsp3) is 0.192. The number of aromatic nitrogens is 4. The van der Waals surface area contributed by atoms with Crippen LogP contribution in [-0.4, -0.2) is 32.2 Å². The highest BCUT2D eigenvalue weighted by atomic mass is 15.5. The van der Waals surface area contributed by atoms with Gasteiger partial charge in [-0.2, -0.15) is 0 Å². The van der Waals surface area contributed by atoms with E-state index in [-0.39, 0.29) is 5.66 Å². The zero-order chi connectivity index (χ0) is 22.0. The fourth-order valence-corrected chi connectivity index (χ4v) is 4.86. The van der Waals surface area contributed by atoms with E-state index >= 15 is 0 Å². The summed E-state index contributed by atoms with van der Waals surface area (Å²) in [5.74, 6) is 1.78. The van der Waals surface area contributed by atoms with Crippen LogP contribution in [0.2, 0.25) is 0 Å². The molecule has 3 aromatic heterocycles. The Balaban J connectivity index is 1.67. The smallest absolute Gasteiger partial charge is 0.178 e. The molecule has 0 aliphatic carbocycles. The van der Waals surface area contributed by atoms with E-state index in [1.54, 1.807) is 12.4 Å². The van der Waals surface area contributed by atoms with Gasteiger partial charge in [0.15, 0.2) is 11.6 Å². The molecule has 0 saturated heterocycles. The van der Waals surface area contributed by atoms with Crippen LogP contribution in [0.3, 0.4) is 0 Å². The van der Waals surface area contributed by atoms with Crippen LogP contribution in [0.25, 0.3) is 27.6 Å². The molecule has 0 bridgehead atoms. The third-order valence-corrected chi connectivity index (χ3v) is 6.66. The molecule has 1 aliphatic rings. The third-order valence-electron chi connectivity index (χ3n) is 6.66. The zero-order valence-electron chi connectivity index (χ0n) is 18.6. The average Bonchev–Trinajstić information content (AvgIpc) is 3.22. The summed E-state index contributed by atoms with van der Waals surface area (Å²) in [6, 6.07) is 19.1. The van der Waals surface area contributed by atoms with Crippen molar-refractivity contribution in [2.45, 2.75) is 26.4 Å². The van der Waals surface area contributed by atoms with Gasteiger partial charge >= 0.3 is 0 Å². The summed E-state index contributed by atoms with van der Waals surface area (Å²) in [5, 5.41) is 2.31. The lowest BCUT2D eigenvalue weighted by Crippen LogP contribution is -2.49. The molecule has 2 aromatic carbocycles. The Bertz CT molecular complexity index is 1490. The summed E-state index contributed by atoms with van der Waals surface area (Å²) in [6.07, 6.45) is 5.38. The fourth-order valence-electron chi connectivity index (χ4n) is 4.86. The molecule has 0 unspecified atom stereocenters. The Morgan fingerprint density at radius 1 is 0.781 bits per heavy atom. The summed E-state index contributed by atoms with van der Waals surface area (Å²) in [5.41, 5.74) is 5.22. The van der Waals surface area contributed by atoms with E-state index in [0.717, 1.165) is 39.6 Å². The van der Waals surface area contributed by atoms with Gasteiger partial charge in [0.1, 0.15) is 11.3 Å². The number of anilines is 3. The van der Waals surface area contributed by atoms with Gasteiger partial charge < -0.3 is 4.90 Å². The molecule has 0 amide bonds. The molecule has 0 radical (unpaired) electrons. The van der Waals surface area contributed by atoms with E-state index in [4.69, 9.17) is 9.97 Å². The van der Waals surface area contributed by atoms with Crippen LogP contribution < -0.4 is 9.80 Å². The van der Waals surface area contributed by atoms with Crippen molar-refractivity contribution in [1.29, 1.82) is 0 Å². The predicted octanol–water partition coefficient (Wildman–Crippen LogP) is 5.60. The monoisotopic (exact) mass is 420 g/mol. The summed E-state index contributed by atoms with van der Waals surface area (Å²) in [6.45, 7) is 6.57. The molecule has 0 spiro atoms. The average molecular weight is 421 g/mol. The van der Waals surface area contributed by atoms with Crippen LogP contribution >= 0.6 is 0 Å². The molecule has 158 valence electrons. The second-order valence-electron chi connectivity index (χ2n) is 8.79. The van der Waals surface area contributed by atoms with Gasteiger partial charge in [-0.1, -0.05) is 18.2 Å². The summed E-state index contributed by atoms with van der Waals surface area (Å²) >= 11 is 0. The van der Waals surface area contributed by atoms with E-state index in [1.165, 1.54) is 10.9 Å². The van der Waals surface area contributed by atoms with Gasteiger partial charge in [0.25, 0.3) is 0 Å². The highest BCUT2D eigenvalue weighted by Gasteiger charge is 2.44. The number of aryl methyl sites for hydroxylation is 1. The lowest BCUT2D eigenvalue weighted by molar-refractivity contribution is 0.518. The molecule has 0 atom stereocenters. The second-order valence-corrected chi connectivity index (χ2v) is 8.79. The minimum Gasteiger partial charge on any atom is -0.334 e. The first-order chi connectivity index (χ1) is 15.5. The molecule has 0 saturated carbocycles. The first kappa shape index (κ1) is 18.8. The number of hydrogen-bond acceptors (Lipinski definition) is 5. The van der Waals surface area contributed by atoms with E-state index in [2.05, 4.69) is 89.6 Å². The lowest BCUT2D eigenvalue weighted by atomic mass is 10.1. The molecule has 6 rings (SSSR count). The van der Waals surface area contributed by atoms with Crippen molar-refractivity contribution >= 4 is 39.3 Å². The maximum absolute atomic E-state index is 4.75. The normalized spacial score (nSPS) is 15.0. The predicted molar refractivity (Wildman–Crippen MR) is 130 cm³/mol. The van der Waals surface area contributed by atoms with Gasteiger partial charge in [-0.25, -0.2) is 15.0 Å². The largest absolute Gasteiger partial charge is 0.334 e. The van der Waals surface area contributed by atoms with Crippen molar-refractivity contribution in [3.8, 4) is 5.69 Å². The SMILES string of the molecule is Cc1cc2c(cc1N1c3nccnc3N(C)C1(C)C)c1cccnc1n2-c1ccccc1. The minimum atomic E-state index is -0.307. The van der Waals surface area contributed by atoms with Gasteiger partial charge in [-0.3, -0.25) is 9.47 Å². The topological polar surface area (TPSA) is 50.1 Å². The van der Waals surface area contributed by atoms with Crippen LogP contribution in [0.1, 0.15) is 19.4 Å². The number of pyridine rings is 1. The Labute approximate surface area is 186 Å². The van der Waals surface area contributed by atoms with Crippen molar-refractivity contribution in [3.05, 3.63) is 78.8 Å². The quantitative estimate of drug-likeness (QED) is 0.372. The van der Waals surface area contributed by atoms with Crippen LogP contribution in [-0.2, 0) is 0 Å². The van der Waals surface area contributed by atoms with E-state index < -0.39 is 0 Å². The molecule has 0 N–H and O–H groups in total. The van der Waals surface area contributed by atoms with Gasteiger partial charge in [0.05, 0.1) is 5.52 Å². The highest BCUT2D eigenvalue weighted by molar-refractivity contribution is 6.09. The minimum absolute atomic E-state index is 0.307. The molecule has 6 heteroatoms. The van der Waals surface area contributed by atoms with E-state index in [1.807, 2.05) is 18.3 Å². The van der Waals surface area contributed by atoms with Gasteiger partial charge in [0, 0.05) is 47.8 Å². The molecule has 1 aliphatic heterocycles. The van der Waals surface area contributed by atoms with Gasteiger partial charge in [-0.15, -0.1) is 0 Å².